The van der Waals surface area contributed by atoms with Crippen molar-refractivity contribution in [2.24, 2.45) is 4.99 Å². The molecule has 6 nitrogen and oxygen atoms in total. The van der Waals surface area contributed by atoms with Crippen molar-refractivity contribution < 1.29 is 4.74 Å². The van der Waals surface area contributed by atoms with Crippen LogP contribution in [0.1, 0.15) is 30.2 Å². The van der Waals surface area contributed by atoms with Crippen molar-refractivity contribution in [3.63, 3.8) is 0 Å². The number of hydrogen-bond donors (Lipinski definition) is 2. The van der Waals surface area contributed by atoms with Gasteiger partial charge in [-0.3, -0.25) is 10.1 Å². The summed E-state index contributed by atoms with van der Waals surface area (Å²) in [5.41, 5.74) is 3.55. The van der Waals surface area contributed by atoms with Crippen molar-refractivity contribution in [1.29, 1.82) is 0 Å². The lowest BCUT2D eigenvalue weighted by Crippen LogP contribution is -2.38. The number of aliphatic imine (C=N–C) groups is 1. The van der Waals surface area contributed by atoms with Gasteiger partial charge >= 0.3 is 0 Å². The molecular formula is C19H30IN5O. The molecule has 2 N–H and O–H groups in total. The van der Waals surface area contributed by atoms with Gasteiger partial charge in [0, 0.05) is 37.9 Å². The van der Waals surface area contributed by atoms with E-state index in [-0.39, 0.29) is 24.0 Å². The van der Waals surface area contributed by atoms with Crippen molar-refractivity contribution in [3.05, 3.63) is 47.3 Å². The summed E-state index contributed by atoms with van der Waals surface area (Å²) in [6, 6.07) is 8.09. The first kappa shape index (κ1) is 22.3. The van der Waals surface area contributed by atoms with Crippen LogP contribution in [0.2, 0.25) is 0 Å². The molecule has 0 aliphatic rings. The maximum atomic E-state index is 5.44. The molecule has 1 heterocycles. The van der Waals surface area contributed by atoms with E-state index in [1.807, 2.05) is 31.4 Å². The molecule has 26 heavy (non-hydrogen) atoms. The number of H-pyrrole nitrogens is 1. The summed E-state index contributed by atoms with van der Waals surface area (Å²) in [4.78, 5) is 6.88. The highest BCUT2D eigenvalue weighted by molar-refractivity contribution is 14.0. The second kappa shape index (κ2) is 11.8. The Balaban J connectivity index is 0.00000338. The maximum Gasteiger partial charge on any atom is 0.193 e. The van der Waals surface area contributed by atoms with E-state index in [0.717, 1.165) is 55.4 Å². The Morgan fingerprint density at radius 2 is 2.08 bits per heavy atom. The zero-order valence-electron chi connectivity index (χ0n) is 16.1. The zero-order valence-corrected chi connectivity index (χ0v) is 18.4. The number of halogens is 1. The third-order valence-electron chi connectivity index (χ3n) is 4.10. The van der Waals surface area contributed by atoms with Gasteiger partial charge in [-0.15, -0.1) is 24.0 Å². The predicted molar refractivity (Wildman–Crippen MR) is 118 cm³/mol. The fourth-order valence-electron chi connectivity index (χ4n) is 2.72. The summed E-state index contributed by atoms with van der Waals surface area (Å²) in [6.07, 6.45) is 3.89. The fourth-order valence-corrected chi connectivity index (χ4v) is 2.72. The molecule has 0 saturated carbocycles. The van der Waals surface area contributed by atoms with Crippen molar-refractivity contribution in [2.75, 3.05) is 27.2 Å². The molecule has 7 heteroatoms. The summed E-state index contributed by atoms with van der Waals surface area (Å²) in [5.74, 6) is 1.82. The zero-order chi connectivity index (χ0) is 18.1. The van der Waals surface area contributed by atoms with Gasteiger partial charge in [-0.1, -0.05) is 18.2 Å². The van der Waals surface area contributed by atoms with Crippen LogP contribution in [-0.2, 0) is 13.0 Å². The van der Waals surface area contributed by atoms with Crippen molar-refractivity contribution in [1.82, 2.24) is 20.4 Å². The molecule has 0 fully saturated rings. The Labute approximate surface area is 173 Å². The Hall–Kier alpha value is -1.77. The van der Waals surface area contributed by atoms with E-state index in [0.29, 0.717) is 0 Å². The summed E-state index contributed by atoms with van der Waals surface area (Å²) in [7, 11) is 3.75. The van der Waals surface area contributed by atoms with Gasteiger partial charge in [-0.2, -0.15) is 5.10 Å². The first-order valence-electron chi connectivity index (χ1n) is 8.75. The number of guanidine groups is 1. The van der Waals surface area contributed by atoms with E-state index in [1.54, 1.807) is 7.11 Å². The van der Waals surface area contributed by atoms with E-state index in [2.05, 4.69) is 40.3 Å². The summed E-state index contributed by atoms with van der Waals surface area (Å²) in [6.45, 7) is 6.51. The lowest BCUT2D eigenvalue weighted by Gasteiger charge is -2.23. The van der Waals surface area contributed by atoms with Crippen molar-refractivity contribution >= 4 is 29.9 Å². The molecule has 0 aliphatic heterocycles. The fraction of sp³-hybridized carbons (Fsp3) is 0.474. The third kappa shape index (κ3) is 6.51. The number of para-hydroxylation sites is 1. The number of nitrogens with zero attached hydrogens (tertiary/aromatic N) is 3. The second-order valence-corrected chi connectivity index (χ2v) is 6.03. The Bertz CT molecular complexity index is 686. The van der Waals surface area contributed by atoms with Gasteiger partial charge in [0.2, 0.25) is 0 Å². The van der Waals surface area contributed by atoms with Crippen LogP contribution in [0.3, 0.4) is 0 Å². The van der Waals surface area contributed by atoms with Crippen LogP contribution in [0.25, 0.3) is 0 Å². The van der Waals surface area contributed by atoms with Crippen LogP contribution in [0.4, 0.5) is 0 Å². The molecule has 0 saturated heterocycles. The number of aromatic amines is 1. The number of methoxy groups -OCH3 is 1. The van der Waals surface area contributed by atoms with Crippen LogP contribution < -0.4 is 10.1 Å². The minimum absolute atomic E-state index is 0. The lowest BCUT2D eigenvalue weighted by atomic mass is 10.1. The molecular weight excluding hydrogens is 441 g/mol. The monoisotopic (exact) mass is 471 g/mol. The van der Waals surface area contributed by atoms with Crippen LogP contribution in [0.5, 0.6) is 5.75 Å². The molecule has 0 atom stereocenters. The van der Waals surface area contributed by atoms with Crippen LogP contribution in [0, 0.1) is 6.92 Å². The molecule has 0 bridgehead atoms. The van der Waals surface area contributed by atoms with E-state index in [9.17, 15) is 0 Å². The molecule has 0 amide bonds. The molecule has 1 aromatic carbocycles. The minimum atomic E-state index is 0. The van der Waals surface area contributed by atoms with Crippen molar-refractivity contribution in [2.45, 2.75) is 33.2 Å². The first-order valence-corrected chi connectivity index (χ1v) is 8.75. The van der Waals surface area contributed by atoms with Gasteiger partial charge < -0.3 is 15.0 Å². The Morgan fingerprint density at radius 3 is 2.73 bits per heavy atom. The topological polar surface area (TPSA) is 65.5 Å². The van der Waals surface area contributed by atoms with Gasteiger partial charge in [0.1, 0.15) is 5.75 Å². The third-order valence-corrected chi connectivity index (χ3v) is 4.10. The van der Waals surface area contributed by atoms with Crippen LogP contribution in [-0.4, -0.2) is 48.3 Å². The molecule has 0 spiro atoms. The summed E-state index contributed by atoms with van der Waals surface area (Å²) >= 11 is 0. The lowest BCUT2D eigenvalue weighted by molar-refractivity contribution is 0.396. The van der Waals surface area contributed by atoms with E-state index in [1.165, 1.54) is 5.56 Å². The molecule has 2 aromatic rings. The highest BCUT2D eigenvalue weighted by Gasteiger charge is 2.09. The number of nitrogens with one attached hydrogen (secondary N) is 2. The first-order chi connectivity index (χ1) is 12.2. The SMILES string of the molecule is CCNC(=NCCCc1cn[nH]c1C)N(C)Cc1ccccc1OC.I. The highest BCUT2D eigenvalue weighted by atomic mass is 127. The van der Waals surface area contributed by atoms with Gasteiger partial charge in [-0.05, 0) is 38.3 Å². The Kier molecular flexibility index (Phi) is 10.1. The number of rotatable bonds is 8. The van der Waals surface area contributed by atoms with Crippen LogP contribution >= 0.6 is 24.0 Å². The maximum absolute atomic E-state index is 5.44. The normalized spacial score (nSPS) is 11.0. The highest BCUT2D eigenvalue weighted by Crippen LogP contribution is 2.18. The van der Waals surface area contributed by atoms with Gasteiger partial charge in [-0.25, -0.2) is 0 Å². The largest absolute Gasteiger partial charge is 0.496 e. The van der Waals surface area contributed by atoms with E-state index in [4.69, 9.17) is 9.73 Å². The van der Waals surface area contributed by atoms with Gasteiger partial charge in [0.05, 0.1) is 13.3 Å². The predicted octanol–water partition coefficient (Wildman–Crippen LogP) is 3.37. The molecule has 0 radical (unpaired) electrons. The van der Waals surface area contributed by atoms with E-state index >= 15 is 0 Å². The average molecular weight is 471 g/mol. The number of hydrogen-bond acceptors (Lipinski definition) is 3. The van der Waals surface area contributed by atoms with Crippen LogP contribution in [0.15, 0.2) is 35.5 Å². The number of aromatic nitrogens is 2. The molecule has 0 unspecified atom stereocenters. The number of benzene rings is 1. The average Bonchev–Trinajstić information content (AvgIpc) is 3.03. The summed E-state index contributed by atoms with van der Waals surface area (Å²) in [5, 5.41) is 10.4. The quantitative estimate of drug-likeness (QED) is 0.268. The molecule has 0 aliphatic carbocycles. The van der Waals surface area contributed by atoms with Gasteiger partial charge in [0.15, 0.2) is 5.96 Å². The standard InChI is InChI=1S/C19H29N5O.HI/c1-5-20-19(21-12-8-10-16-13-22-23-15(16)2)24(3)14-17-9-6-7-11-18(17)25-4;/h6-7,9,11,13H,5,8,10,12,14H2,1-4H3,(H,20,21)(H,22,23);1H. The summed E-state index contributed by atoms with van der Waals surface area (Å²) < 4.78 is 5.44. The number of ether oxygens (including phenoxy) is 1. The molecule has 144 valence electrons. The molecule has 1 aromatic heterocycles. The molecule has 2 rings (SSSR count). The smallest absolute Gasteiger partial charge is 0.193 e. The number of aryl methyl sites for hydroxylation is 2. The Morgan fingerprint density at radius 1 is 1.31 bits per heavy atom. The van der Waals surface area contributed by atoms with Gasteiger partial charge in [0.25, 0.3) is 0 Å². The minimum Gasteiger partial charge on any atom is -0.496 e. The van der Waals surface area contributed by atoms with Crippen molar-refractivity contribution in [3.8, 4) is 5.75 Å². The second-order valence-electron chi connectivity index (χ2n) is 6.03. The van der Waals surface area contributed by atoms with E-state index < -0.39 is 0 Å².